The molecular weight excluding hydrogens is 354 g/mol. The molecule has 3 aromatic rings. The van der Waals surface area contributed by atoms with Crippen LogP contribution in [0, 0.1) is 0 Å². The largest absolute Gasteiger partial charge is 0.497 e. The predicted octanol–water partition coefficient (Wildman–Crippen LogP) is 3.17. The molecule has 1 saturated heterocycles. The van der Waals surface area contributed by atoms with Crippen molar-refractivity contribution in [3.63, 3.8) is 0 Å². The van der Waals surface area contributed by atoms with Gasteiger partial charge in [-0.25, -0.2) is 4.98 Å². The normalized spacial score (nSPS) is 16.8. The lowest BCUT2D eigenvalue weighted by Gasteiger charge is -2.33. The van der Waals surface area contributed by atoms with Crippen molar-refractivity contribution in [1.82, 2.24) is 14.9 Å². The van der Waals surface area contributed by atoms with Crippen molar-refractivity contribution < 1.29 is 14.3 Å². The van der Waals surface area contributed by atoms with Crippen molar-refractivity contribution in [1.29, 1.82) is 0 Å². The highest BCUT2D eigenvalue weighted by Crippen LogP contribution is 2.20. The molecule has 2 aromatic carbocycles. The zero-order valence-corrected chi connectivity index (χ0v) is 15.8. The van der Waals surface area contributed by atoms with Gasteiger partial charge in [-0.2, -0.15) is 0 Å². The second-order valence-corrected chi connectivity index (χ2v) is 6.81. The van der Waals surface area contributed by atoms with Crippen LogP contribution in [-0.2, 0) is 11.2 Å². The Labute approximate surface area is 164 Å². The van der Waals surface area contributed by atoms with E-state index >= 15 is 0 Å². The monoisotopic (exact) mass is 377 g/mol. The zero-order valence-electron chi connectivity index (χ0n) is 15.8. The van der Waals surface area contributed by atoms with Crippen LogP contribution in [0.4, 0.5) is 0 Å². The predicted molar refractivity (Wildman–Crippen MR) is 106 cm³/mol. The molecule has 6 nitrogen and oxygen atoms in total. The average Bonchev–Trinajstić information content (AvgIpc) is 3.29. The van der Waals surface area contributed by atoms with Gasteiger partial charge in [0.25, 0.3) is 5.91 Å². The lowest BCUT2D eigenvalue weighted by Crippen LogP contribution is -2.46. The van der Waals surface area contributed by atoms with E-state index in [9.17, 15) is 4.79 Å². The van der Waals surface area contributed by atoms with E-state index in [4.69, 9.17) is 9.47 Å². The van der Waals surface area contributed by atoms with Crippen LogP contribution >= 0.6 is 0 Å². The first kappa shape index (κ1) is 18.3. The highest BCUT2D eigenvalue weighted by molar-refractivity contribution is 5.95. The van der Waals surface area contributed by atoms with Crippen LogP contribution in [0.2, 0.25) is 0 Å². The summed E-state index contributed by atoms with van der Waals surface area (Å²) in [5.74, 6) is 1.62. The Kier molecular flexibility index (Phi) is 5.39. The number of nitrogens with one attached hydrogen (secondary N) is 1. The standard InChI is InChI=1S/C22H23N3O3/c1-27-19-7-5-16(6-8-19)13-20-15-25(11-12-28-20)22(26)18-4-2-3-17(14-18)21-23-9-10-24-21/h2-10,14,20H,11-13,15H2,1H3,(H,23,24). The van der Waals surface area contributed by atoms with Crippen LogP contribution in [0.5, 0.6) is 5.75 Å². The van der Waals surface area contributed by atoms with Crippen molar-refractivity contribution in [2.45, 2.75) is 12.5 Å². The number of amides is 1. The topological polar surface area (TPSA) is 67.5 Å². The summed E-state index contributed by atoms with van der Waals surface area (Å²) in [5, 5.41) is 0. The van der Waals surface area contributed by atoms with E-state index < -0.39 is 0 Å². The molecule has 1 atom stereocenters. The van der Waals surface area contributed by atoms with Crippen LogP contribution in [0.15, 0.2) is 60.9 Å². The van der Waals surface area contributed by atoms with Crippen molar-refractivity contribution in [3.05, 3.63) is 72.1 Å². The number of imidazole rings is 1. The number of morpholine rings is 1. The molecule has 0 saturated carbocycles. The van der Waals surface area contributed by atoms with Gasteiger partial charge in [0, 0.05) is 43.0 Å². The highest BCUT2D eigenvalue weighted by atomic mass is 16.5. The molecular formula is C22H23N3O3. The van der Waals surface area contributed by atoms with Crippen molar-refractivity contribution in [2.24, 2.45) is 0 Å². The lowest BCUT2D eigenvalue weighted by atomic mass is 10.0. The number of carbonyl (C=O) groups excluding carboxylic acids is 1. The third-order valence-corrected chi connectivity index (χ3v) is 4.93. The minimum atomic E-state index is -0.0145. The number of carbonyl (C=O) groups is 1. The minimum Gasteiger partial charge on any atom is -0.497 e. The van der Waals surface area contributed by atoms with Gasteiger partial charge < -0.3 is 19.4 Å². The second-order valence-electron chi connectivity index (χ2n) is 6.81. The number of hydrogen-bond donors (Lipinski definition) is 1. The highest BCUT2D eigenvalue weighted by Gasteiger charge is 2.25. The molecule has 0 radical (unpaired) electrons. The first-order valence-corrected chi connectivity index (χ1v) is 9.36. The Hall–Kier alpha value is -3.12. The molecule has 1 aliphatic rings. The van der Waals surface area contributed by atoms with Gasteiger partial charge in [-0.1, -0.05) is 24.3 Å². The maximum absolute atomic E-state index is 13.0. The van der Waals surface area contributed by atoms with Gasteiger partial charge in [0.05, 0.1) is 19.8 Å². The summed E-state index contributed by atoms with van der Waals surface area (Å²) in [6, 6.07) is 15.5. The van der Waals surface area contributed by atoms with E-state index in [1.165, 1.54) is 5.56 Å². The lowest BCUT2D eigenvalue weighted by molar-refractivity contribution is -0.0208. The Morgan fingerprint density at radius 2 is 2.14 bits per heavy atom. The quantitative estimate of drug-likeness (QED) is 0.742. The van der Waals surface area contributed by atoms with Crippen LogP contribution in [0.3, 0.4) is 0 Å². The number of benzene rings is 2. The summed E-state index contributed by atoms with van der Waals surface area (Å²) in [6.45, 7) is 1.73. The molecule has 0 spiro atoms. The number of H-pyrrole nitrogens is 1. The summed E-state index contributed by atoms with van der Waals surface area (Å²) in [6.07, 6.45) is 4.23. The van der Waals surface area contributed by atoms with E-state index in [1.807, 2.05) is 53.4 Å². The first-order valence-electron chi connectivity index (χ1n) is 9.36. The average molecular weight is 377 g/mol. The Balaban J connectivity index is 1.44. The van der Waals surface area contributed by atoms with E-state index in [0.29, 0.717) is 25.3 Å². The summed E-state index contributed by atoms with van der Waals surface area (Å²) >= 11 is 0. The fourth-order valence-corrected chi connectivity index (χ4v) is 3.46. The number of nitrogens with zero attached hydrogens (tertiary/aromatic N) is 2. The molecule has 1 unspecified atom stereocenters. The van der Waals surface area contributed by atoms with Gasteiger partial charge >= 0.3 is 0 Å². The van der Waals surface area contributed by atoms with E-state index in [1.54, 1.807) is 19.5 Å². The smallest absolute Gasteiger partial charge is 0.254 e. The first-order chi connectivity index (χ1) is 13.7. The third-order valence-electron chi connectivity index (χ3n) is 4.93. The molecule has 6 heteroatoms. The molecule has 1 amide bonds. The van der Waals surface area contributed by atoms with E-state index in [2.05, 4.69) is 9.97 Å². The molecule has 1 fully saturated rings. The SMILES string of the molecule is COc1ccc(CC2CN(C(=O)c3cccc(-c4ncc[nH]4)c3)CCO2)cc1. The number of aromatic amines is 1. The molecule has 28 heavy (non-hydrogen) atoms. The fourth-order valence-electron chi connectivity index (χ4n) is 3.46. The van der Waals surface area contributed by atoms with Gasteiger partial charge in [0.2, 0.25) is 0 Å². The van der Waals surface area contributed by atoms with Gasteiger partial charge in [0.1, 0.15) is 11.6 Å². The summed E-state index contributed by atoms with van der Waals surface area (Å²) in [5.41, 5.74) is 2.73. The molecule has 1 aromatic heterocycles. The van der Waals surface area contributed by atoms with Gasteiger partial charge in [-0.05, 0) is 29.8 Å². The minimum absolute atomic E-state index is 0.0145. The Morgan fingerprint density at radius 3 is 2.89 bits per heavy atom. The van der Waals surface area contributed by atoms with Crippen LogP contribution in [-0.4, -0.2) is 53.7 Å². The third kappa shape index (κ3) is 4.07. The number of hydrogen-bond acceptors (Lipinski definition) is 4. The van der Waals surface area contributed by atoms with Gasteiger partial charge in [-0.15, -0.1) is 0 Å². The molecule has 0 aliphatic carbocycles. The maximum atomic E-state index is 13.0. The number of rotatable bonds is 5. The van der Waals surface area contributed by atoms with Gasteiger partial charge in [0.15, 0.2) is 0 Å². The molecule has 1 aliphatic heterocycles. The summed E-state index contributed by atoms with van der Waals surface area (Å²) < 4.78 is 11.1. The van der Waals surface area contributed by atoms with Crippen LogP contribution < -0.4 is 4.74 Å². The van der Waals surface area contributed by atoms with E-state index in [-0.39, 0.29) is 12.0 Å². The zero-order chi connectivity index (χ0) is 19.3. The Morgan fingerprint density at radius 1 is 1.29 bits per heavy atom. The molecule has 1 N–H and O–H groups in total. The van der Waals surface area contributed by atoms with E-state index in [0.717, 1.165) is 23.6 Å². The Bertz CT molecular complexity index is 922. The van der Waals surface area contributed by atoms with Crippen LogP contribution in [0.1, 0.15) is 15.9 Å². The number of methoxy groups -OCH3 is 1. The molecule has 0 bridgehead atoms. The molecule has 144 valence electrons. The molecule has 2 heterocycles. The number of ether oxygens (including phenoxy) is 2. The van der Waals surface area contributed by atoms with Crippen LogP contribution in [0.25, 0.3) is 11.4 Å². The molecule has 4 rings (SSSR count). The maximum Gasteiger partial charge on any atom is 0.254 e. The van der Waals surface area contributed by atoms with Crippen molar-refractivity contribution in [3.8, 4) is 17.1 Å². The summed E-state index contributed by atoms with van der Waals surface area (Å²) in [4.78, 5) is 22.2. The number of aromatic nitrogens is 2. The summed E-state index contributed by atoms with van der Waals surface area (Å²) in [7, 11) is 1.66. The van der Waals surface area contributed by atoms with Crippen molar-refractivity contribution >= 4 is 5.91 Å². The van der Waals surface area contributed by atoms with Gasteiger partial charge in [-0.3, -0.25) is 4.79 Å². The second kappa shape index (κ2) is 8.27. The fraction of sp³-hybridized carbons (Fsp3) is 0.273. The van der Waals surface area contributed by atoms with Crippen molar-refractivity contribution in [2.75, 3.05) is 26.8 Å².